The molecule has 2 atom stereocenters. The number of aryl methyl sites for hydroxylation is 1. The van der Waals surface area contributed by atoms with Gasteiger partial charge in [0.1, 0.15) is 5.75 Å². The van der Waals surface area contributed by atoms with Crippen LogP contribution in [0, 0.1) is 0 Å². The summed E-state index contributed by atoms with van der Waals surface area (Å²) in [5.41, 5.74) is 1.11. The van der Waals surface area contributed by atoms with E-state index >= 15 is 0 Å². The molecule has 1 aromatic carbocycles. The minimum atomic E-state index is -2.77. The van der Waals surface area contributed by atoms with Crippen molar-refractivity contribution in [2.24, 2.45) is 0 Å². The highest BCUT2D eigenvalue weighted by Gasteiger charge is 2.08. The zero-order valence-electron chi connectivity index (χ0n) is 12.2. The van der Waals surface area contributed by atoms with Crippen LogP contribution >= 0.6 is 0 Å². The predicted octanol–water partition coefficient (Wildman–Crippen LogP) is 3.23. The van der Waals surface area contributed by atoms with E-state index in [-0.39, 0.29) is 5.75 Å². The Labute approximate surface area is 119 Å². The number of nitrogens with one attached hydrogen (secondary N) is 1. The van der Waals surface area contributed by atoms with Gasteiger partial charge in [-0.2, -0.15) is 8.78 Å². The molecule has 0 saturated heterocycles. The summed E-state index contributed by atoms with van der Waals surface area (Å²) in [6.07, 6.45) is 1.87. The van der Waals surface area contributed by atoms with Crippen molar-refractivity contribution >= 4 is 0 Å². The first-order valence-corrected chi connectivity index (χ1v) is 6.80. The normalized spacial score (nSPS) is 14.3. The molecular weight excluding hydrogens is 264 g/mol. The Kier molecular flexibility index (Phi) is 7.47. The molecule has 0 saturated carbocycles. The summed E-state index contributed by atoms with van der Waals surface area (Å²) >= 11 is 0. The zero-order chi connectivity index (χ0) is 15.0. The topological polar surface area (TPSA) is 30.5 Å². The van der Waals surface area contributed by atoms with Gasteiger partial charge in [-0.1, -0.05) is 12.1 Å². The van der Waals surface area contributed by atoms with Gasteiger partial charge in [0.25, 0.3) is 0 Å². The molecule has 1 rings (SSSR count). The van der Waals surface area contributed by atoms with Crippen molar-refractivity contribution in [1.29, 1.82) is 0 Å². The van der Waals surface area contributed by atoms with E-state index in [1.165, 1.54) is 0 Å². The minimum Gasteiger partial charge on any atom is -0.435 e. The van der Waals surface area contributed by atoms with E-state index < -0.39 is 6.61 Å². The fourth-order valence-corrected chi connectivity index (χ4v) is 2.09. The second-order valence-corrected chi connectivity index (χ2v) is 4.99. The third-order valence-electron chi connectivity index (χ3n) is 3.00. The van der Waals surface area contributed by atoms with Crippen molar-refractivity contribution in [1.82, 2.24) is 5.32 Å². The number of halogens is 2. The van der Waals surface area contributed by atoms with Crippen molar-refractivity contribution in [3.63, 3.8) is 0 Å². The van der Waals surface area contributed by atoms with Gasteiger partial charge in [0.15, 0.2) is 0 Å². The highest BCUT2D eigenvalue weighted by molar-refractivity contribution is 5.27. The molecule has 1 N–H and O–H groups in total. The summed E-state index contributed by atoms with van der Waals surface area (Å²) in [5, 5.41) is 3.44. The number of alkyl halides is 2. The molecule has 0 radical (unpaired) electrons. The van der Waals surface area contributed by atoms with Crippen molar-refractivity contribution in [2.75, 3.05) is 13.7 Å². The van der Waals surface area contributed by atoms with E-state index in [0.717, 1.165) is 18.4 Å². The molecule has 0 aliphatic rings. The van der Waals surface area contributed by atoms with Gasteiger partial charge in [0.2, 0.25) is 0 Å². The second kappa shape index (κ2) is 8.87. The molecular formula is C15H23F2NO2. The van der Waals surface area contributed by atoms with Gasteiger partial charge < -0.3 is 14.8 Å². The van der Waals surface area contributed by atoms with Gasteiger partial charge in [-0.05, 0) is 44.4 Å². The molecule has 114 valence electrons. The molecule has 3 nitrogen and oxygen atoms in total. The average Bonchev–Trinajstić information content (AvgIpc) is 2.37. The fraction of sp³-hybridized carbons (Fsp3) is 0.600. The van der Waals surface area contributed by atoms with Crippen LogP contribution in [0.25, 0.3) is 0 Å². The Hall–Kier alpha value is -1.20. The van der Waals surface area contributed by atoms with Crippen LogP contribution in [0.15, 0.2) is 24.3 Å². The number of hydrogen-bond donors (Lipinski definition) is 1. The standard InChI is InChI=1S/C15H23F2NO2/c1-11(18-12(2)10-19-3)4-5-13-6-8-14(9-7-13)20-15(16)17/h6-9,11-12,15,18H,4-5,10H2,1-3H3. The largest absolute Gasteiger partial charge is 0.435 e. The highest BCUT2D eigenvalue weighted by Crippen LogP contribution is 2.16. The Bertz CT molecular complexity index is 371. The third-order valence-corrected chi connectivity index (χ3v) is 3.00. The summed E-state index contributed by atoms with van der Waals surface area (Å²) in [6, 6.07) is 7.49. The van der Waals surface area contributed by atoms with E-state index in [2.05, 4.69) is 23.9 Å². The molecule has 0 aliphatic carbocycles. The molecule has 0 spiro atoms. The van der Waals surface area contributed by atoms with Crippen LogP contribution in [0.2, 0.25) is 0 Å². The van der Waals surface area contributed by atoms with Crippen molar-refractivity contribution in [2.45, 2.75) is 45.4 Å². The zero-order valence-corrected chi connectivity index (χ0v) is 12.2. The lowest BCUT2D eigenvalue weighted by Gasteiger charge is -2.19. The first kappa shape index (κ1) is 16.9. The van der Waals surface area contributed by atoms with E-state index in [9.17, 15) is 8.78 Å². The van der Waals surface area contributed by atoms with E-state index in [4.69, 9.17) is 4.74 Å². The monoisotopic (exact) mass is 287 g/mol. The minimum absolute atomic E-state index is 0.198. The van der Waals surface area contributed by atoms with Crippen LogP contribution in [0.3, 0.4) is 0 Å². The van der Waals surface area contributed by atoms with Crippen molar-refractivity contribution in [3.8, 4) is 5.75 Å². The van der Waals surface area contributed by atoms with Crippen LogP contribution in [0.4, 0.5) is 8.78 Å². The van der Waals surface area contributed by atoms with Gasteiger partial charge in [0.05, 0.1) is 6.61 Å². The number of benzene rings is 1. The maximum absolute atomic E-state index is 12.0. The molecule has 0 bridgehead atoms. The van der Waals surface area contributed by atoms with Crippen molar-refractivity contribution in [3.05, 3.63) is 29.8 Å². The van der Waals surface area contributed by atoms with E-state index in [0.29, 0.717) is 18.7 Å². The van der Waals surface area contributed by atoms with Crippen LogP contribution in [-0.4, -0.2) is 32.4 Å². The highest BCUT2D eigenvalue weighted by atomic mass is 19.3. The van der Waals surface area contributed by atoms with Crippen LogP contribution in [0.1, 0.15) is 25.8 Å². The first-order valence-electron chi connectivity index (χ1n) is 6.80. The Morgan fingerprint density at radius 2 is 1.75 bits per heavy atom. The molecule has 0 aliphatic heterocycles. The van der Waals surface area contributed by atoms with Gasteiger partial charge in [-0.3, -0.25) is 0 Å². The smallest absolute Gasteiger partial charge is 0.387 e. The van der Waals surface area contributed by atoms with Gasteiger partial charge >= 0.3 is 6.61 Å². The SMILES string of the molecule is COCC(C)NC(C)CCc1ccc(OC(F)F)cc1. The van der Waals surface area contributed by atoms with E-state index in [1.807, 2.05) is 12.1 Å². The molecule has 1 aromatic rings. The molecule has 0 fully saturated rings. The maximum atomic E-state index is 12.0. The fourth-order valence-electron chi connectivity index (χ4n) is 2.09. The Balaban J connectivity index is 2.34. The second-order valence-electron chi connectivity index (χ2n) is 4.99. The van der Waals surface area contributed by atoms with E-state index in [1.54, 1.807) is 19.2 Å². The molecule has 0 amide bonds. The summed E-state index contributed by atoms with van der Waals surface area (Å²) < 4.78 is 33.4. The quantitative estimate of drug-likeness (QED) is 0.756. The van der Waals surface area contributed by atoms with Gasteiger partial charge in [0, 0.05) is 19.2 Å². The average molecular weight is 287 g/mol. The summed E-state index contributed by atoms with van der Waals surface area (Å²) in [6.45, 7) is 2.12. The maximum Gasteiger partial charge on any atom is 0.387 e. The predicted molar refractivity (Wildman–Crippen MR) is 75.3 cm³/mol. The molecule has 0 aromatic heterocycles. The van der Waals surface area contributed by atoms with Gasteiger partial charge in [-0.15, -0.1) is 0 Å². The Morgan fingerprint density at radius 3 is 2.30 bits per heavy atom. The van der Waals surface area contributed by atoms with Crippen LogP contribution in [-0.2, 0) is 11.2 Å². The number of rotatable bonds is 9. The lowest BCUT2D eigenvalue weighted by molar-refractivity contribution is -0.0498. The van der Waals surface area contributed by atoms with Gasteiger partial charge in [-0.25, -0.2) is 0 Å². The summed E-state index contributed by atoms with van der Waals surface area (Å²) in [4.78, 5) is 0. The molecule has 20 heavy (non-hydrogen) atoms. The number of methoxy groups -OCH3 is 1. The molecule has 2 unspecified atom stereocenters. The molecule has 5 heteroatoms. The van der Waals surface area contributed by atoms with Crippen molar-refractivity contribution < 1.29 is 18.3 Å². The summed E-state index contributed by atoms with van der Waals surface area (Å²) in [7, 11) is 1.69. The lowest BCUT2D eigenvalue weighted by Crippen LogP contribution is -2.37. The number of ether oxygens (including phenoxy) is 2. The third kappa shape index (κ3) is 6.82. The first-order chi connectivity index (χ1) is 9.51. The lowest BCUT2D eigenvalue weighted by atomic mass is 10.1. The van der Waals surface area contributed by atoms with Crippen LogP contribution < -0.4 is 10.1 Å². The van der Waals surface area contributed by atoms with Crippen LogP contribution in [0.5, 0.6) is 5.75 Å². The number of hydrogen-bond acceptors (Lipinski definition) is 3. The molecule has 0 heterocycles. The summed E-state index contributed by atoms with van der Waals surface area (Å²) in [5.74, 6) is 0.198. The Morgan fingerprint density at radius 1 is 1.10 bits per heavy atom.